The molecule has 1 atom stereocenters. The molecule has 0 bridgehead atoms. The molecule has 7 nitrogen and oxygen atoms in total. The van der Waals surface area contributed by atoms with Crippen LogP contribution in [0.1, 0.15) is 6.92 Å². The summed E-state index contributed by atoms with van der Waals surface area (Å²) in [7, 11) is 0. The summed E-state index contributed by atoms with van der Waals surface area (Å²) in [5, 5.41) is 11.9. The smallest absolute Gasteiger partial charge is 0.323 e. The Morgan fingerprint density at radius 1 is 1.42 bits per heavy atom. The molecule has 1 aromatic carbocycles. The van der Waals surface area contributed by atoms with Crippen LogP contribution < -0.4 is 10.2 Å². The number of hydrogen-bond acceptors (Lipinski definition) is 6. The minimum atomic E-state index is -1.09. The number of fused-ring (bicyclic) bond motifs is 1. The van der Waals surface area contributed by atoms with Crippen molar-refractivity contribution in [2.24, 2.45) is 0 Å². The fourth-order valence-corrected chi connectivity index (χ4v) is 3.32. The number of anilines is 1. The Balaban J connectivity index is 0.00000288. The number of aliphatic carboxylic acids is 1. The van der Waals surface area contributed by atoms with Crippen molar-refractivity contribution in [2.45, 2.75) is 17.9 Å². The monoisotopic (exact) mass is 374 g/mol. The van der Waals surface area contributed by atoms with Crippen LogP contribution in [-0.2, 0) is 19.1 Å². The molecule has 0 aliphatic carbocycles. The number of halogens is 1. The molecule has 1 aliphatic rings. The number of rotatable bonds is 6. The highest BCUT2D eigenvalue weighted by Crippen LogP contribution is 2.33. The summed E-state index contributed by atoms with van der Waals surface area (Å²) in [5.74, 6) is -1.50. The average Bonchev–Trinajstić information content (AvgIpc) is 2.64. The van der Waals surface area contributed by atoms with E-state index in [9.17, 15) is 14.4 Å². The van der Waals surface area contributed by atoms with Gasteiger partial charge in [0.05, 0.1) is 24.9 Å². The lowest BCUT2D eigenvalue weighted by molar-refractivity contribution is -0.142. The third-order valence-corrected chi connectivity index (χ3v) is 4.37. The second-order valence-electron chi connectivity index (χ2n) is 4.84. The number of ether oxygens (including phenoxy) is 1. The van der Waals surface area contributed by atoms with Crippen LogP contribution in [-0.4, -0.2) is 54.4 Å². The molecule has 0 spiro atoms. The molecule has 1 amide bonds. The first-order chi connectivity index (χ1) is 11.0. The number of amides is 1. The summed E-state index contributed by atoms with van der Waals surface area (Å²) >= 11 is 1.45. The highest BCUT2D eigenvalue weighted by molar-refractivity contribution is 7.99. The van der Waals surface area contributed by atoms with E-state index in [4.69, 9.17) is 9.84 Å². The van der Waals surface area contributed by atoms with E-state index < -0.39 is 24.5 Å². The number of para-hydroxylation sites is 1. The van der Waals surface area contributed by atoms with Gasteiger partial charge in [-0.2, -0.15) is 0 Å². The van der Waals surface area contributed by atoms with Gasteiger partial charge in [0.25, 0.3) is 0 Å². The van der Waals surface area contributed by atoms with E-state index in [1.807, 2.05) is 12.1 Å². The topological polar surface area (TPSA) is 95.9 Å². The summed E-state index contributed by atoms with van der Waals surface area (Å²) in [6.45, 7) is 1.45. The fraction of sp³-hybridized carbons (Fsp3) is 0.400. The van der Waals surface area contributed by atoms with Crippen molar-refractivity contribution in [1.82, 2.24) is 5.32 Å². The number of hydrogen-bond donors (Lipinski definition) is 2. The van der Waals surface area contributed by atoms with Crippen molar-refractivity contribution in [3.8, 4) is 0 Å². The maximum Gasteiger partial charge on any atom is 0.323 e. The molecule has 132 valence electrons. The normalized spacial score (nSPS) is 16.6. The molecule has 2 rings (SSSR count). The highest BCUT2D eigenvalue weighted by Gasteiger charge is 2.32. The van der Waals surface area contributed by atoms with Gasteiger partial charge in [-0.3, -0.25) is 24.6 Å². The van der Waals surface area contributed by atoms with E-state index >= 15 is 0 Å². The molecule has 0 saturated heterocycles. The van der Waals surface area contributed by atoms with Crippen LogP contribution in [0.5, 0.6) is 0 Å². The Labute approximate surface area is 150 Å². The number of thioether (sulfide) groups is 1. The first kappa shape index (κ1) is 20.3. The zero-order valence-electron chi connectivity index (χ0n) is 13.1. The van der Waals surface area contributed by atoms with Crippen LogP contribution in [0, 0.1) is 0 Å². The Hall–Kier alpha value is -1.77. The molecule has 0 radical (unpaired) electrons. The molecule has 0 fully saturated rings. The van der Waals surface area contributed by atoms with Crippen molar-refractivity contribution >= 4 is 47.7 Å². The highest BCUT2D eigenvalue weighted by atomic mass is 35.5. The zero-order valence-corrected chi connectivity index (χ0v) is 14.7. The van der Waals surface area contributed by atoms with Gasteiger partial charge in [-0.05, 0) is 19.1 Å². The molecule has 1 aromatic rings. The van der Waals surface area contributed by atoms with Gasteiger partial charge in [0, 0.05) is 10.6 Å². The molecule has 0 saturated carbocycles. The molecule has 1 heterocycles. The number of carboxylic acids is 1. The SMILES string of the molecule is CCOC(=O)CN[C@H]1CSc2ccccc2N(CC(=O)O)C1=O.Cl. The summed E-state index contributed by atoms with van der Waals surface area (Å²) in [5.41, 5.74) is 0.574. The van der Waals surface area contributed by atoms with Gasteiger partial charge in [0.1, 0.15) is 6.54 Å². The van der Waals surface area contributed by atoms with E-state index in [2.05, 4.69) is 5.32 Å². The van der Waals surface area contributed by atoms with Crippen molar-refractivity contribution in [3.63, 3.8) is 0 Å². The molecule has 0 aromatic heterocycles. The zero-order chi connectivity index (χ0) is 16.8. The van der Waals surface area contributed by atoms with E-state index in [-0.39, 0.29) is 31.5 Å². The van der Waals surface area contributed by atoms with Gasteiger partial charge in [0.2, 0.25) is 5.91 Å². The average molecular weight is 375 g/mol. The maximum absolute atomic E-state index is 12.6. The third-order valence-electron chi connectivity index (χ3n) is 3.22. The van der Waals surface area contributed by atoms with Gasteiger partial charge in [-0.1, -0.05) is 12.1 Å². The number of nitrogens with zero attached hydrogens (tertiary/aromatic N) is 1. The van der Waals surface area contributed by atoms with E-state index in [0.717, 1.165) is 4.90 Å². The third kappa shape index (κ3) is 5.12. The number of nitrogens with one attached hydrogen (secondary N) is 1. The van der Waals surface area contributed by atoms with E-state index in [1.54, 1.807) is 19.1 Å². The van der Waals surface area contributed by atoms with Crippen molar-refractivity contribution < 1.29 is 24.2 Å². The Morgan fingerprint density at radius 3 is 2.79 bits per heavy atom. The molecule has 1 aliphatic heterocycles. The molecule has 2 N–H and O–H groups in total. The van der Waals surface area contributed by atoms with Crippen molar-refractivity contribution in [2.75, 3.05) is 30.3 Å². The van der Waals surface area contributed by atoms with E-state index in [0.29, 0.717) is 11.4 Å². The molecule has 24 heavy (non-hydrogen) atoms. The Morgan fingerprint density at radius 2 is 2.12 bits per heavy atom. The number of carboxylic acid groups (broad SMARTS) is 1. The number of esters is 1. The Kier molecular flexibility index (Phi) is 8.03. The summed E-state index contributed by atoms with van der Waals surface area (Å²) in [4.78, 5) is 37.3. The number of carbonyl (C=O) groups excluding carboxylic acids is 2. The predicted molar refractivity (Wildman–Crippen MR) is 92.8 cm³/mol. The van der Waals surface area contributed by atoms with Crippen LogP contribution in [0.4, 0.5) is 5.69 Å². The van der Waals surface area contributed by atoms with E-state index in [1.165, 1.54) is 16.7 Å². The number of carbonyl (C=O) groups is 3. The second kappa shape index (κ2) is 9.51. The lowest BCUT2D eigenvalue weighted by Gasteiger charge is -2.24. The second-order valence-corrected chi connectivity index (χ2v) is 5.90. The lowest BCUT2D eigenvalue weighted by Crippen LogP contribution is -2.50. The largest absolute Gasteiger partial charge is 0.480 e. The van der Waals surface area contributed by atoms with Gasteiger partial charge >= 0.3 is 11.9 Å². The number of benzene rings is 1. The Bertz CT molecular complexity index is 613. The predicted octanol–water partition coefficient (Wildman–Crippen LogP) is 1.15. The van der Waals surface area contributed by atoms with Crippen LogP contribution in [0.3, 0.4) is 0 Å². The van der Waals surface area contributed by atoms with Crippen LogP contribution in [0.2, 0.25) is 0 Å². The minimum absolute atomic E-state index is 0. The van der Waals surface area contributed by atoms with Gasteiger partial charge in [-0.15, -0.1) is 24.2 Å². The van der Waals surface area contributed by atoms with Crippen LogP contribution in [0.25, 0.3) is 0 Å². The lowest BCUT2D eigenvalue weighted by atomic mass is 10.2. The van der Waals surface area contributed by atoms with Gasteiger partial charge in [0.15, 0.2) is 0 Å². The standard InChI is InChI=1S/C15H18N2O5S.ClH/c1-2-22-14(20)7-16-10-9-23-12-6-4-3-5-11(12)17(15(10)21)8-13(18)19;/h3-6,10,16H,2,7-9H2,1H3,(H,18,19);1H/t10-;/m0./s1. The van der Waals surface area contributed by atoms with Crippen LogP contribution >= 0.6 is 24.2 Å². The molecular formula is C15H19ClN2O5S. The first-order valence-corrected chi connectivity index (χ1v) is 8.15. The van der Waals surface area contributed by atoms with Gasteiger partial charge in [-0.25, -0.2) is 0 Å². The van der Waals surface area contributed by atoms with Crippen molar-refractivity contribution in [3.05, 3.63) is 24.3 Å². The summed E-state index contributed by atoms with van der Waals surface area (Å²) in [6, 6.07) is 6.50. The first-order valence-electron chi connectivity index (χ1n) is 7.17. The minimum Gasteiger partial charge on any atom is -0.480 e. The fourth-order valence-electron chi connectivity index (χ4n) is 2.22. The maximum atomic E-state index is 12.6. The van der Waals surface area contributed by atoms with Gasteiger partial charge < -0.3 is 9.84 Å². The molecular weight excluding hydrogens is 356 g/mol. The van der Waals surface area contributed by atoms with Crippen molar-refractivity contribution in [1.29, 1.82) is 0 Å². The molecule has 9 heteroatoms. The summed E-state index contributed by atoms with van der Waals surface area (Å²) < 4.78 is 4.83. The molecule has 0 unspecified atom stereocenters. The summed E-state index contributed by atoms with van der Waals surface area (Å²) in [6.07, 6.45) is 0. The quantitative estimate of drug-likeness (QED) is 0.721. The van der Waals surface area contributed by atoms with Crippen LogP contribution in [0.15, 0.2) is 29.2 Å².